The standard InChI is InChI=1S/C19H18BrNO3/c20-16-7-3-14(4-8-16)18(22)13-24-19(23)15-5-9-17(10-6-15)21-11-1-2-12-21/h3-10H,1-2,11-13H2. The third-order valence-corrected chi connectivity index (χ3v) is 4.60. The van der Waals surface area contributed by atoms with E-state index in [1.807, 2.05) is 12.1 Å². The first-order valence-electron chi connectivity index (χ1n) is 7.94. The van der Waals surface area contributed by atoms with Crippen molar-refractivity contribution in [2.24, 2.45) is 0 Å². The number of benzene rings is 2. The number of Topliss-reactive ketones (excluding diaryl/α,β-unsaturated/α-hetero) is 1. The van der Waals surface area contributed by atoms with E-state index in [0.29, 0.717) is 11.1 Å². The fraction of sp³-hybridized carbons (Fsp3) is 0.263. The molecule has 1 aliphatic heterocycles. The van der Waals surface area contributed by atoms with Crippen LogP contribution in [-0.2, 0) is 4.74 Å². The first kappa shape index (κ1) is 16.7. The van der Waals surface area contributed by atoms with Gasteiger partial charge in [-0.25, -0.2) is 4.79 Å². The van der Waals surface area contributed by atoms with Crippen molar-refractivity contribution in [2.45, 2.75) is 12.8 Å². The lowest BCUT2D eigenvalue weighted by atomic mass is 10.1. The van der Waals surface area contributed by atoms with Gasteiger partial charge in [-0.3, -0.25) is 4.79 Å². The van der Waals surface area contributed by atoms with Crippen LogP contribution in [0.5, 0.6) is 0 Å². The van der Waals surface area contributed by atoms with Crippen molar-refractivity contribution < 1.29 is 14.3 Å². The first-order valence-corrected chi connectivity index (χ1v) is 8.74. The number of halogens is 1. The van der Waals surface area contributed by atoms with Gasteiger partial charge in [0.1, 0.15) is 0 Å². The summed E-state index contributed by atoms with van der Waals surface area (Å²) < 4.78 is 6.02. The number of hydrogen-bond donors (Lipinski definition) is 0. The Hall–Kier alpha value is -2.14. The molecule has 1 fully saturated rings. The molecule has 1 saturated heterocycles. The Bertz CT molecular complexity index is 719. The summed E-state index contributed by atoms with van der Waals surface area (Å²) in [6, 6.07) is 14.3. The number of ether oxygens (including phenoxy) is 1. The van der Waals surface area contributed by atoms with Crippen molar-refractivity contribution in [1.82, 2.24) is 0 Å². The summed E-state index contributed by atoms with van der Waals surface area (Å²) in [7, 11) is 0. The van der Waals surface area contributed by atoms with Gasteiger partial charge in [0.15, 0.2) is 12.4 Å². The molecule has 0 spiro atoms. The predicted octanol–water partition coefficient (Wildman–Crippen LogP) is 4.09. The normalized spacial score (nSPS) is 13.8. The second kappa shape index (κ2) is 7.62. The van der Waals surface area contributed by atoms with E-state index in [9.17, 15) is 9.59 Å². The minimum atomic E-state index is -0.478. The molecule has 0 atom stereocenters. The zero-order chi connectivity index (χ0) is 16.9. The van der Waals surface area contributed by atoms with Crippen LogP contribution in [-0.4, -0.2) is 31.4 Å². The van der Waals surface area contributed by atoms with Crippen LogP contribution in [0.25, 0.3) is 0 Å². The maximum Gasteiger partial charge on any atom is 0.338 e. The largest absolute Gasteiger partial charge is 0.454 e. The van der Waals surface area contributed by atoms with E-state index in [-0.39, 0.29) is 12.4 Å². The number of nitrogens with zero attached hydrogens (tertiary/aromatic N) is 1. The lowest BCUT2D eigenvalue weighted by Gasteiger charge is -2.17. The molecule has 24 heavy (non-hydrogen) atoms. The molecule has 3 rings (SSSR count). The smallest absolute Gasteiger partial charge is 0.338 e. The van der Waals surface area contributed by atoms with Crippen LogP contribution < -0.4 is 4.90 Å². The van der Waals surface area contributed by atoms with Gasteiger partial charge in [0.05, 0.1) is 5.56 Å². The molecule has 0 saturated carbocycles. The van der Waals surface area contributed by atoms with E-state index in [2.05, 4.69) is 20.8 Å². The predicted molar refractivity (Wildman–Crippen MR) is 96.6 cm³/mol. The van der Waals surface area contributed by atoms with E-state index in [4.69, 9.17) is 4.74 Å². The Labute approximate surface area is 149 Å². The number of ketones is 1. The first-order chi connectivity index (χ1) is 11.6. The zero-order valence-electron chi connectivity index (χ0n) is 13.2. The van der Waals surface area contributed by atoms with E-state index < -0.39 is 5.97 Å². The fourth-order valence-corrected chi connectivity index (χ4v) is 2.98. The van der Waals surface area contributed by atoms with Crippen molar-refractivity contribution >= 4 is 33.4 Å². The van der Waals surface area contributed by atoms with Crippen LogP contribution in [0.4, 0.5) is 5.69 Å². The number of rotatable bonds is 5. The highest BCUT2D eigenvalue weighted by molar-refractivity contribution is 9.10. The highest BCUT2D eigenvalue weighted by atomic mass is 79.9. The molecule has 0 amide bonds. The maximum absolute atomic E-state index is 12.1. The maximum atomic E-state index is 12.1. The molecular weight excluding hydrogens is 370 g/mol. The minimum Gasteiger partial charge on any atom is -0.454 e. The topological polar surface area (TPSA) is 46.6 Å². The summed E-state index contributed by atoms with van der Waals surface area (Å²) >= 11 is 3.32. The second-order valence-corrected chi connectivity index (χ2v) is 6.66. The Morgan fingerprint density at radius 3 is 2.12 bits per heavy atom. The fourth-order valence-electron chi connectivity index (χ4n) is 2.72. The molecule has 124 valence electrons. The van der Waals surface area contributed by atoms with Crippen LogP contribution in [0.1, 0.15) is 33.6 Å². The van der Waals surface area contributed by atoms with Crippen molar-refractivity contribution in [2.75, 3.05) is 24.6 Å². The Balaban J connectivity index is 1.56. The summed E-state index contributed by atoms with van der Waals surface area (Å²) in [5, 5.41) is 0. The van der Waals surface area contributed by atoms with E-state index in [1.165, 1.54) is 12.8 Å². The summed E-state index contributed by atoms with van der Waals surface area (Å²) in [5.74, 6) is -0.696. The van der Waals surface area contributed by atoms with Crippen LogP contribution >= 0.6 is 15.9 Å². The average molecular weight is 388 g/mol. The van der Waals surface area contributed by atoms with Crippen LogP contribution in [0.3, 0.4) is 0 Å². The summed E-state index contributed by atoms with van der Waals surface area (Å²) in [5.41, 5.74) is 2.10. The SMILES string of the molecule is O=C(COC(=O)c1ccc(N2CCCC2)cc1)c1ccc(Br)cc1. The molecule has 0 unspecified atom stereocenters. The third-order valence-electron chi connectivity index (χ3n) is 4.07. The molecule has 0 N–H and O–H groups in total. The Kier molecular flexibility index (Phi) is 5.30. The Morgan fingerprint density at radius 2 is 1.50 bits per heavy atom. The van der Waals surface area contributed by atoms with Crippen LogP contribution in [0.15, 0.2) is 53.0 Å². The number of carbonyl (C=O) groups excluding carboxylic acids is 2. The van der Waals surface area contributed by atoms with Crippen LogP contribution in [0, 0.1) is 0 Å². The number of esters is 1. The summed E-state index contributed by atoms with van der Waals surface area (Å²) in [6.45, 7) is 1.87. The van der Waals surface area contributed by atoms with E-state index in [0.717, 1.165) is 23.2 Å². The highest BCUT2D eigenvalue weighted by Crippen LogP contribution is 2.20. The van der Waals surface area contributed by atoms with Gasteiger partial charge < -0.3 is 9.64 Å². The summed E-state index contributed by atoms with van der Waals surface area (Å²) in [6.07, 6.45) is 2.42. The average Bonchev–Trinajstić information content (AvgIpc) is 3.15. The molecule has 4 nitrogen and oxygen atoms in total. The van der Waals surface area contributed by atoms with Gasteiger partial charge in [-0.05, 0) is 49.2 Å². The van der Waals surface area contributed by atoms with Gasteiger partial charge in [0, 0.05) is 28.8 Å². The molecular formula is C19H18BrNO3. The van der Waals surface area contributed by atoms with E-state index in [1.54, 1.807) is 36.4 Å². The molecule has 2 aromatic carbocycles. The van der Waals surface area contributed by atoms with Crippen LogP contribution in [0.2, 0.25) is 0 Å². The van der Waals surface area contributed by atoms with Crippen molar-refractivity contribution in [3.63, 3.8) is 0 Å². The molecule has 0 aromatic heterocycles. The number of anilines is 1. The zero-order valence-corrected chi connectivity index (χ0v) is 14.8. The quantitative estimate of drug-likeness (QED) is 0.572. The van der Waals surface area contributed by atoms with E-state index >= 15 is 0 Å². The monoisotopic (exact) mass is 387 g/mol. The second-order valence-electron chi connectivity index (χ2n) is 5.75. The van der Waals surface area contributed by atoms with Crippen molar-refractivity contribution in [3.05, 3.63) is 64.1 Å². The molecule has 0 bridgehead atoms. The highest BCUT2D eigenvalue weighted by Gasteiger charge is 2.15. The van der Waals surface area contributed by atoms with Gasteiger partial charge >= 0.3 is 5.97 Å². The third kappa shape index (κ3) is 4.03. The molecule has 1 aliphatic rings. The molecule has 0 aliphatic carbocycles. The lowest BCUT2D eigenvalue weighted by molar-refractivity contribution is 0.0475. The molecule has 2 aromatic rings. The van der Waals surface area contributed by atoms with Crippen molar-refractivity contribution in [1.29, 1.82) is 0 Å². The number of hydrogen-bond acceptors (Lipinski definition) is 4. The lowest BCUT2D eigenvalue weighted by Crippen LogP contribution is -2.18. The van der Waals surface area contributed by atoms with Gasteiger partial charge in [-0.2, -0.15) is 0 Å². The Morgan fingerprint density at radius 1 is 0.917 bits per heavy atom. The molecule has 5 heteroatoms. The van der Waals surface area contributed by atoms with Gasteiger partial charge in [0.2, 0.25) is 0 Å². The number of carbonyl (C=O) groups is 2. The van der Waals surface area contributed by atoms with Gasteiger partial charge in [0.25, 0.3) is 0 Å². The summed E-state index contributed by atoms with van der Waals surface area (Å²) in [4.78, 5) is 26.4. The minimum absolute atomic E-state index is 0.218. The molecule has 0 radical (unpaired) electrons. The van der Waals surface area contributed by atoms with Crippen molar-refractivity contribution in [3.8, 4) is 0 Å². The van der Waals surface area contributed by atoms with Gasteiger partial charge in [-0.15, -0.1) is 0 Å². The van der Waals surface area contributed by atoms with Gasteiger partial charge in [-0.1, -0.05) is 28.1 Å². The molecule has 1 heterocycles.